The Bertz CT molecular complexity index is 371. The molecule has 0 aliphatic rings. The van der Waals surface area contributed by atoms with Crippen LogP contribution in [0.25, 0.3) is 0 Å². The van der Waals surface area contributed by atoms with Gasteiger partial charge in [0.05, 0.1) is 11.1 Å². The molecule has 0 unspecified atom stereocenters. The third kappa shape index (κ3) is 7.27. The molecule has 0 saturated heterocycles. The van der Waals surface area contributed by atoms with Gasteiger partial charge in [-0.3, -0.25) is 0 Å². The molecule has 0 radical (unpaired) electrons. The van der Waals surface area contributed by atoms with Crippen LogP contribution < -0.4 is 10.1 Å². The smallest absolute Gasteiger partial charge is 0.133 e. The van der Waals surface area contributed by atoms with E-state index in [1.165, 1.54) is 24.8 Å². The Kier molecular flexibility index (Phi) is 9.71. The molecule has 0 aromatic heterocycles. The lowest BCUT2D eigenvalue weighted by Gasteiger charge is -2.09. The Morgan fingerprint density at radius 3 is 2.70 bits per heavy atom. The molecule has 0 aliphatic carbocycles. The first-order valence-electron chi connectivity index (χ1n) is 7.38. The van der Waals surface area contributed by atoms with Gasteiger partial charge in [0.15, 0.2) is 0 Å². The van der Waals surface area contributed by atoms with Crippen LogP contribution in [0.5, 0.6) is 5.75 Å². The van der Waals surface area contributed by atoms with Crippen LogP contribution in [-0.4, -0.2) is 33.4 Å². The molecular weight excluding hydrogens is 318 g/mol. The topological polar surface area (TPSA) is 30.5 Å². The maximum Gasteiger partial charge on any atom is 0.133 e. The first-order valence-corrected chi connectivity index (χ1v) is 8.18. The van der Waals surface area contributed by atoms with Crippen LogP contribution >= 0.6 is 15.9 Å². The number of hydrogen-bond acceptors (Lipinski definition) is 3. The standard InChI is InChI=1S/C16H26BrNO2/c1-3-18-10-6-4-5-7-14-8-9-16(15(17)13-14)20-12-11-19-2/h8-9,13,18H,3-7,10-12H2,1-2H3. The minimum atomic E-state index is 0.582. The fraction of sp³-hybridized carbons (Fsp3) is 0.625. The second-order valence-electron chi connectivity index (χ2n) is 4.77. The Morgan fingerprint density at radius 2 is 2.00 bits per heavy atom. The molecule has 1 aromatic rings. The Morgan fingerprint density at radius 1 is 1.15 bits per heavy atom. The van der Waals surface area contributed by atoms with Crippen molar-refractivity contribution in [2.45, 2.75) is 32.6 Å². The van der Waals surface area contributed by atoms with Gasteiger partial charge in [-0.2, -0.15) is 0 Å². The highest BCUT2D eigenvalue weighted by Crippen LogP contribution is 2.26. The maximum absolute atomic E-state index is 5.62. The number of ether oxygens (including phenoxy) is 2. The molecule has 0 atom stereocenters. The quantitative estimate of drug-likeness (QED) is 0.620. The minimum Gasteiger partial charge on any atom is -0.490 e. The van der Waals surface area contributed by atoms with Crippen molar-refractivity contribution in [2.75, 3.05) is 33.4 Å². The van der Waals surface area contributed by atoms with Gasteiger partial charge in [0.1, 0.15) is 12.4 Å². The van der Waals surface area contributed by atoms with Crippen LogP contribution in [0.2, 0.25) is 0 Å². The number of rotatable bonds is 11. The number of aryl methyl sites for hydroxylation is 1. The Balaban J connectivity index is 2.28. The lowest BCUT2D eigenvalue weighted by molar-refractivity contribution is 0.146. The largest absolute Gasteiger partial charge is 0.490 e. The number of hydrogen-bond donors (Lipinski definition) is 1. The van der Waals surface area contributed by atoms with E-state index in [9.17, 15) is 0 Å². The van der Waals surface area contributed by atoms with Crippen molar-refractivity contribution in [1.82, 2.24) is 5.32 Å². The highest BCUT2D eigenvalue weighted by atomic mass is 79.9. The molecular formula is C16H26BrNO2. The fourth-order valence-corrected chi connectivity index (χ4v) is 2.53. The van der Waals surface area contributed by atoms with Crippen LogP contribution in [0.3, 0.4) is 0 Å². The molecule has 0 amide bonds. The summed E-state index contributed by atoms with van der Waals surface area (Å²) in [6, 6.07) is 6.34. The van der Waals surface area contributed by atoms with Crippen LogP contribution in [-0.2, 0) is 11.2 Å². The number of nitrogens with one attached hydrogen (secondary N) is 1. The summed E-state index contributed by atoms with van der Waals surface area (Å²) in [7, 11) is 1.68. The van der Waals surface area contributed by atoms with Crippen molar-refractivity contribution in [3.05, 3.63) is 28.2 Å². The monoisotopic (exact) mass is 343 g/mol. The molecule has 1 N–H and O–H groups in total. The predicted molar refractivity (Wildman–Crippen MR) is 87.6 cm³/mol. The van der Waals surface area contributed by atoms with Gasteiger partial charge in [-0.1, -0.05) is 19.4 Å². The molecule has 0 spiro atoms. The van der Waals surface area contributed by atoms with Gasteiger partial charge in [0.25, 0.3) is 0 Å². The number of halogens is 1. The van der Waals surface area contributed by atoms with Gasteiger partial charge < -0.3 is 14.8 Å². The first kappa shape index (κ1) is 17.5. The van der Waals surface area contributed by atoms with Crippen molar-refractivity contribution >= 4 is 15.9 Å². The normalized spacial score (nSPS) is 10.8. The Labute approximate surface area is 131 Å². The molecule has 3 nitrogen and oxygen atoms in total. The molecule has 1 aromatic carbocycles. The summed E-state index contributed by atoms with van der Waals surface area (Å²) in [6.07, 6.45) is 4.90. The van der Waals surface area contributed by atoms with E-state index in [2.05, 4.69) is 40.3 Å². The van der Waals surface area contributed by atoms with Gasteiger partial charge in [-0.05, 0) is 66.0 Å². The fourth-order valence-electron chi connectivity index (χ4n) is 1.98. The second kappa shape index (κ2) is 11.1. The average molecular weight is 344 g/mol. The van der Waals surface area contributed by atoms with Gasteiger partial charge in [0, 0.05) is 7.11 Å². The molecule has 0 bridgehead atoms. The van der Waals surface area contributed by atoms with Crippen LogP contribution in [0.15, 0.2) is 22.7 Å². The van der Waals surface area contributed by atoms with Crippen molar-refractivity contribution in [2.24, 2.45) is 0 Å². The van der Waals surface area contributed by atoms with Gasteiger partial charge in [-0.15, -0.1) is 0 Å². The highest BCUT2D eigenvalue weighted by molar-refractivity contribution is 9.10. The van der Waals surface area contributed by atoms with Crippen LogP contribution in [0.1, 0.15) is 31.7 Å². The summed E-state index contributed by atoms with van der Waals surface area (Å²) in [6.45, 7) is 5.54. The summed E-state index contributed by atoms with van der Waals surface area (Å²) in [5.74, 6) is 0.887. The lowest BCUT2D eigenvalue weighted by Crippen LogP contribution is -2.13. The third-order valence-corrected chi connectivity index (χ3v) is 3.73. The molecule has 0 saturated carbocycles. The van der Waals surface area contributed by atoms with E-state index in [1.807, 2.05) is 6.07 Å². The summed E-state index contributed by atoms with van der Waals surface area (Å²) in [5, 5.41) is 3.35. The molecule has 0 fully saturated rings. The van der Waals surface area contributed by atoms with E-state index in [4.69, 9.17) is 9.47 Å². The average Bonchev–Trinajstić information content (AvgIpc) is 2.45. The van der Waals surface area contributed by atoms with Gasteiger partial charge in [-0.25, -0.2) is 0 Å². The molecule has 0 aliphatic heterocycles. The molecule has 4 heteroatoms. The first-order chi connectivity index (χ1) is 9.77. The van der Waals surface area contributed by atoms with Crippen LogP contribution in [0, 0.1) is 0 Å². The second-order valence-corrected chi connectivity index (χ2v) is 5.62. The number of methoxy groups -OCH3 is 1. The van der Waals surface area contributed by atoms with Gasteiger partial charge in [0.2, 0.25) is 0 Å². The third-order valence-electron chi connectivity index (χ3n) is 3.11. The van der Waals surface area contributed by atoms with Crippen molar-refractivity contribution < 1.29 is 9.47 Å². The molecule has 0 heterocycles. The molecule has 114 valence electrons. The zero-order valence-corrected chi connectivity index (χ0v) is 14.2. The molecule has 20 heavy (non-hydrogen) atoms. The van der Waals surface area contributed by atoms with Crippen molar-refractivity contribution in [3.8, 4) is 5.75 Å². The lowest BCUT2D eigenvalue weighted by atomic mass is 10.1. The van der Waals surface area contributed by atoms with E-state index < -0.39 is 0 Å². The van der Waals surface area contributed by atoms with Crippen molar-refractivity contribution in [3.63, 3.8) is 0 Å². The van der Waals surface area contributed by atoms with Gasteiger partial charge >= 0.3 is 0 Å². The highest BCUT2D eigenvalue weighted by Gasteiger charge is 2.03. The zero-order chi connectivity index (χ0) is 14.6. The van der Waals surface area contributed by atoms with Crippen molar-refractivity contribution in [1.29, 1.82) is 0 Å². The SMILES string of the molecule is CCNCCCCCc1ccc(OCCOC)c(Br)c1. The zero-order valence-electron chi connectivity index (χ0n) is 12.6. The molecule has 1 rings (SSSR count). The summed E-state index contributed by atoms with van der Waals surface area (Å²) in [4.78, 5) is 0. The number of benzene rings is 1. The van der Waals surface area contributed by atoms with E-state index in [0.29, 0.717) is 13.2 Å². The number of unbranched alkanes of at least 4 members (excludes halogenated alkanes) is 2. The minimum absolute atomic E-state index is 0.582. The summed E-state index contributed by atoms with van der Waals surface area (Å²) < 4.78 is 11.6. The van der Waals surface area contributed by atoms with E-state index in [-0.39, 0.29) is 0 Å². The van der Waals surface area contributed by atoms with Crippen LogP contribution in [0.4, 0.5) is 0 Å². The summed E-state index contributed by atoms with van der Waals surface area (Å²) in [5.41, 5.74) is 1.36. The maximum atomic E-state index is 5.62. The van der Waals surface area contributed by atoms with E-state index in [0.717, 1.165) is 29.7 Å². The summed E-state index contributed by atoms with van der Waals surface area (Å²) >= 11 is 3.57. The van der Waals surface area contributed by atoms with E-state index >= 15 is 0 Å². The Hall–Kier alpha value is -0.580. The predicted octanol–water partition coefficient (Wildman–Crippen LogP) is 3.80. The van der Waals surface area contributed by atoms with E-state index in [1.54, 1.807) is 7.11 Å².